The molecule has 3 heteroatoms. The van der Waals surface area contributed by atoms with Crippen molar-refractivity contribution in [2.45, 2.75) is 13.8 Å². The molecule has 0 aliphatic heterocycles. The quantitative estimate of drug-likeness (QED) is 0.607. The van der Waals surface area contributed by atoms with Crippen LogP contribution in [0.15, 0.2) is 12.1 Å². The Morgan fingerprint density at radius 1 is 1.25 bits per heavy atom. The van der Waals surface area contributed by atoms with Crippen molar-refractivity contribution in [2.24, 2.45) is 5.73 Å². The number of carbonyl (C=O) groups is 1. The minimum atomic E-state index is -0.407. The molecule has 0 spiro atoms. The van der Waals surface area contributed by atoms with E-state index in [0.29, 0.717) is 11.3 Å². The topological polar surface area (TPSA) is 69.1 Å². The van der Waals surface area contributed by atoms with Gasteiger partial charge >= 0.3 is 0 Å². The zero-order chi connectivity index (χ0) is 9.30. The molecule has 1 rings (SSSR count). The highest BCUT2D eigenvalue weighted by atomic mass is 16.1. The van der Waals surface area contributed by atoms with Gasteiger partial charge in [0, 0.05) is 11.3 Å². The van der Waals surface area contributed by atoms with Gasteiger partial charge in [0.1, 0.15) is 0 Å². The van der Waals surface area contributed by atoms with Crippen molar-refractivity contribution in [1.29, 1.82) is 0 Å². The van der Waals surface area contributed by atoms with Gasteiger partial charge in [-0.2, -0.15) is 0 Å². The first-order valence-corrected chi connectivity index (χ1v) is 3.69. The molecule has 1 aromatic rings. The molecule has 0 fully saturated rings. The molecule has 12 heavy (non-hydrogen) atoms. The second-order valence-corrected chi connectivity index (χ2v) is 2.82. The van der Waals surface area contributed by atoms with Crippen LogP contribution in [0.25, 0.3) is 0 Å². The van der Waals surface area contributed by atoms with Crippen LogP contribution in [0.4, 0.5) is 5.69 Å². The second kappa shape index (κ2) is 2.85. The van der Waals surface area contributed by atoms with Crippen molar-refractivity contribution in [3.05, 3.63) is 28.8 Å². The summed E-state index contributed by atoms with van der Waals surface area (Å²) in [7, 11) is 0. The van der Waals surface area contributed by atoms with Crippen molar-refractivity contribution in [3.63, 3.8) is 0 Å². The molecule has 0 aliphatic rings. The van der Waals surface area contributed by atoms with Gasteiger partial charge in [-0.3, -0.25) is 4.79 Å². The molecule has 64 valence electrons. The number of hydrogen-bond acceptors (Lipinski definition) is 2. The number of hydrogen-bond donors (Lipinski definition) is 2. The number of benzene rings is 1. The maximum Gasteiger partial charge on any atom is 0.248 e. The average Bonchev–Trinajstić information content (AvgIpc) is 2.00. The van der Waals surface area contributed by atoms with E-state index in [0.717, 1.165) is 11.1 Å². The number of carbonyl (C=O) groups excluding carboxylic acids is 1. The lowest BCUT2D eigenvalue weighted by Gasteiger charge is -2.07. The summed E-state index contributed by atoms with van der Waals surface area (Å²) in [5.74, 6) is -0.407. The van der Waals surface area contributed by atoms with Gasteiger partial charge < -0.3 is 11.5 Å². The summed E-state index contributed by atoms with van der Waals surface area (Å²) in [6, 6.07) is 3.35. The second-order valence-electron chi connectivity index (χ2n) is 2.82. The Morgan fingerprint density at radius 3 is 2.33 bits per heavy atom. The molecule has 1 amide bonds. The van der Waals surface area contributed by atoms with Crippen LogP contribution in [-0.2, 0) is 0 Å². The van der Waals surface area contributed by atoms with E-state index in [9.17, 15) is 4.79 Å². The van der Waals surface area contributed by atoms with Gasteiger partial charge in [0.15, 0.2) is 0 Å². The fraction of sp³-hybridized carbons (Fsp3) is 0.222. The molecule has 0 aliphatic carbocycles. The van der Waals surface area contributed by atoms with Crippen LogP contribution in [0.1, 0.15) is 21.5 Å². The summed E-state index contributed by atoms with van der Waals surface area (Å²) in [6.45, 7) is 3.71. The highest BCUT2D eigenvalue weighted by molar-refractivity contribution is 5.95. The lowest BCUT2D eigenvalue weighted by atomic mass is 10.0. The number of rotatable bonds is 1. The SMILES string of the molecule is Cc1c(N)ccc(C(N)=O)c1C. The standard InChI is InChI=1S/C9H12N2O/c1-5-6(2)8(10)4-3-7(5)9(11)12/h3-4H,10H2,1-2H3,(H2,11,12). The van der Waals surface area contributed by atoms with Crippen molar-refractivity contribution in [3.8, 4) is 0 Å². The third-order valence-electron chi connectivity index (χ3n) is 2.09. The first-order chi connectivity index (χ1) is 5.54. The van der Waals surface area contributed by atoms with E-state index >= 15 is 0 Å². The molecule has 0 saturated carbocycles. The van der Waals surface area contributed by atoms with Crippen molar-refractivity contribution in [1.82, 2.24) is 0 Å². The molecule has 0 unspecified atom stereocenters. The Hall–Kier alpha value is -1.51. The van der Waals surface area contributed by atoms with Gasteiger partial charge in [-0.25, -0.2) is 0 Å². The lowest BCUT2D eigenvalue weighted by molar-refractivity contribution is 0.0999. The van der Waals surface area contributed by atoms with Gasteiger partial charge in [0.25, 0.3) is 0 Å². The minimum absolute atomic E-state index is 0.407. The van der Waals surface area contributed by atoms with Crippen LogP contribution in [0.3, 0.4) is 0 Å². The average molecular weight is 164 g/mol. The molecular weight excluding hydrogens is 152 g/mol. The highest BCUT2D eigenvalue weighted by Crippen LogP contribution is 2.18. The van der Waals surface area contributed by atoms with E-state index in [1.165, 1.54) is 0 Å². The maximum atomic E-state index is 10.9. The summed E-state index contributed by atoms with van der Waals surface area (Å²) in [5, 5.41) is 0. The summed E-state index contributed by atoms with van der Waals surface area (Å²) in [6.07, 6.45) is 0. The zero-order valence-electron chi connectivity index (χ0n) is 7.22. The molecule has 0 saturated heterocycles. The summed E-state index contributed by atoms with van der Waals surface area (Å²) < 4.78 is 0. The number of nitrogens with two attached hydrogens (primary N) is 2. The van der Waals surface area contributed by atoms with E-state index in [-0.39, 0.29) is 0 Å². The fourth-order valence-corrected chi connectivity index (χ4v) is 1.11. The third kappa shape index (κ3) is 1.25. The van der Waals surface area contributed by atoms with Crippen LogP contribution in [0.2, 0.25) is 0 Å². The van der Waals surface area contributed by atoms with Crippen LogP contribution < -0.4 is 11.5 Å². The van der Waals surface area contributed by atoms with E-state index in [2.05, 4.69) is 0 Å². The van der Waals surface area contributed by atoms with E-state index in [4.69, 9.17) is 11.5 Å². The van der Waals surface area contributed by atoms with Gasteiger partial charge in [-0.05, 0) is 37.1 Å². The first kappa shape index (κ1) is 8.59. The fourth-order valence-electron chi connectivity index (χ4n) is 1.11. The monoisotopic (exact) mass is 164 g/mol. The number of nitrogen functional groups attached to an aromatic ring is 1. The summed E-state index contributed by atoms with van der Waals surface area (Å²) in [4.78, 5) is 10.9. The summed E-state index contributed by atoms with van der Waals surface area (Å²) >= 11 is 0. The predicted octanol–water partition coefficient (Wildman–Crippen LogP) is 0.985. The molecule has 0 heterocycles. The van der Waals surface area contributed by atoms with Crippen LogP contribution >= 0.6 is 0 Å². The van der Waals surface area contributed by atoms with Gasteiger partial charge in [0.2, 0.25) is 5.91 Å². The molecule has 0 aromatic heterocycles. The minimum Gasteiger partial charge on any atom is -0.399 e. The van der Waals surface area contributed by atoms with Crippen LogP contribution in [0.5, 0.6) is 0 Å². The molecule has 4 N–H and O–H groups in total. The Bertz CT molecular complexity index is 332. The van der Waals surface area contributed by atoms with E-state index in [1.54, 1.807) is 12.1 Å². The van der Waals surface area contributed by atoms with E-state index < -0.39 is 5.91 Å². The number of anilines is 1. The Balaban J connectivity index is 3.36. The molecule has 0 radical (unpaired) electrons. The largest absolute Gasteiger partial charge is 0.399 e. The predicted molar refractivity (Wildman–Crippen MR) is 48.8 cm³/mol. The smallest absolute Gasteiger partial charge is 0.248 e. The normalized spacial score (nSPS) is 9.83. The number of amides is 1. The first-order valence-electron chi connectivity index (χ1n) is 3.69. The molecular formula is C9H12N2O. The number of primary amides is 1. The molecule has 0 bridgehead atoms. The Morgan fingerprint density at radius 2 is 1.83 bits per heavy atom. The Labute approximate surface area is 71.4 Å². The molecule has 1 aromatic carbocycles. The molecule has 3 nitrogen and oxygen atoms in total. The highest BCUT2D eigenvalue weighted by Gasteiger charge is 2.07. The third-order valence-corrected chi connectivity index (χ3v) is 2.09. The molecule has 0 atom stereocenters. The van der Waals surface area contributed by atoms with Crippen LogP contribution in [0, 0.1) is 13.8 Å². The van der Waals surface area contributed by atoms with Gasteiger partial charge in [0.05, 0.1) is 0 Å². The zero-order valence-corrected chi connectivity index (χ0v) is 7.22. The Kier molecular flexibility index (Phi) is 2.04. The van der Waals surface area contributed by atoms with Gasteiger partial charge in [-0.1, -0.05) is 0 Å². The van der Waals surface area contributed by atoms with Crippen molar-refractivity contribution >= 4 is 11.6 Å². The summed E-state index contributed by atoms with van der Waals surface area (Å²) in [5.41, 5.74) is 13.8. The van der Waals surface area contributed by atoms with Crippen molar-refractivity contribution in [2.75, 3.05) is 5.73 Å². The van der Waals surface area contributed by atoms with Crippen LogP contribution in [-0.4, -0.2) is 5.91 Å². The maximum absolute atomic E-state index is 10.9. The van der Waals surface area contributed by atoms with Gasteiger partial charge in [-0.15, -0.1) is 0 Å². The lowest BCUT2D eigenvalue weighted by Crippen LogP contribution is -2.13. The van der Waals surface area contributed by atoms with E-state index in [1.807, 2.05) is 13.8 Å². The van der Waals surface area contributed by atoms with Crippen molar-refractivity contribution < 1.29 is 4.79 Å².